The van der Waals surface area contributed by atoms with Gasteiger partial charge in [0, 0.05) is 23.0 Å². The summed E-state index contributed by atoms with van der Waals surface area (Å²) in [6.45, 7) is 1.78. The van der Waals surface area contributed by atoms with Gasteiger partial charge in [-0.15, -0.1) is 11.3 Å². The van der Waals surface area contributed by atoms with E-state index in [1.807, 2.05) is 0 Å². The second-order valence-electron chi connectivity index (χ2n) is 4.90. The highest BCUT2D eigenvalue weighted by atomic mass is 35.5. The van der Waals surface area contributed by atoms with E-state index in [-0.39, 0.29) is 17.8 Å². The molecule has 1 aromatic heterocycles. The number of halogens is 2. The van der Waals surface area contributed by atoms with Crippen LogP contribution in [-0.4, -0.2) is 25.0 Å². The minimum atomic E-state index is -0.340. The lowest BCUT2D eigenvalue weighted by atomic mass is 10.1. The third kappa shape index (κ3) is 2.66. The zero-order chi connectivity index (χ0) is 14.1. The molecule has 2 heterocycles. The van der Waals surface area contributed by atoms with E-state index in [1.165, 1.54) is 12.1 Å². The Morgan fingerprint density at radius 3 is 3.05 bits per heavy atom. The van der Waals surface area contributed by atoms with E-state index in [4.69, 9.17) is 11.6 Å². The first-order valence-electron chi connectivity index (χ1n) is 6.54. The second-order valence-corrected chi connectivity index (χ2v) is 6.36. The molecule has 1 aliphatic rings. The minimum absolute atomic E-state index is 0.141. The van der Waals surface area contributed by atoms with Gasteiger partial charge in [-0.2, -0.15) is 0 Å². The Balaban J connectivity index is 1.84. The zero-order valence-electron chi connectivity index (χ0n) is 10.7. The van der Waals surface area contributed by atoms with E-state index in [1.54, 1.807) is 6.07 Å². The number of carbonyl (C=O) groups is 1. The minimum Gasteiger partial charge on any atom is -0.347 e. The van der Waals surface area contributed by atoms with Crippen LogP contribution in [0.2, 0.25) is 5.02 Å². The average Bonchev–Trinajstić information content (AvgIpc) is 2.91. The number of fused-ring (bicyclic) bond motifs is 1. The number of carbonyl (C=O) groups excluding carboxylic acids is 1. The second kappa shape index (κ2) is 5.68. The molecule has 1 atom stereocenters. The molecule has 1 saturated heterocycles. The Bertz CT molecular complexity index is 613. The number of amides is 1. The quantitative estimate of drug-likeness (QED) is 0.894. The van der Waals surface area contributed by atoms with Gasteiger partial charge >= 0.3 is 0 Å². The number of thiophene rings is 1. The van der Waals surface area contributed by atoms with Crippen molar-refractivity contribution in [3.8, 4) is 0 Å². The highest BCUT2D eigenvalue weighted by molar-refractivity contribution is 7.21. The van der Waals surface area contributed by atoms with Crippen LogP contribution in [-0.2, 0) is 0 Å². The molecule has 20 heavy (non-hydrogen) atoms. The van der Waals surface area contributed by atoms with Gasteiger partial charge in [-0.25, -0.2) is 4.39 Å². The largest absolute Gasteiger partial charge is 0.347 e. The normalized spacial score (nSPS) is 19.2. The number of benzene rings is 1. The number of hydrogen-bond acceptors (Lipinski definition) is 3. The molecule has 0 spiro atoms. The van der Waals surface area contributed by atoms with Crippen molar-refractivity contribution in [1.29, 1.82) is 0 Å². The number of nitrogens with one attached hydrogen (secondary N) is 2. The molecular weight excluding hydrogens is 299 g/mol. The molecule has 1 aromatic carbocycles. The van der Waals surface area contributed by atoms with E-state index in [0.29, 0.717) is 20.0 Å². The van der Waals surface area contributed by atoms with Gasteiger partial charge in [0.15, 0.2) is 0 Å². The van der Waals surface area contributed by atoms with Gasteiger partial charge in [0.2, 0.25) is 0 Å². The lowest BCUT2D eigenvalue weighted by molar-refractivity contribution is 0.0935. The van der Waals surface area contributed by atoms with E-state index >= 15 is 0 Å². The van der Waals surface area contributed by atoms with Crippen molar-refractivity contribution in [1.82, 2.24) is 10.6 Å². The number of hydrogen-bond donors (Lipinski definition) is 2. The Labute approximate surface area is 125 Å². The molecule has 3 rings (SSSR count). The maximum absolute atomic E-state index is 13.7. The van der Waals surface area contributed by atoms with E-state index in [2.05, 4.69) is 10.6 Å². The Morgan fingerprint density at radius 2 is 2.35 bits per heavy atom. The van der Waals surface area contributed by atoms with Gasteiger partial charge in [-0.3, -0.25) is 4.79 Å². The van der Waals surface area contributed by atoms with Crippen LogP contribution in [0.5, 0.6) is 0 Å². The number of rotatable bonds is 2. The molecule has 0 bridgehead atoms. The predicted octanol–water partition coefficient (Wildman–Crippen LogP) is 3.18. The maximum atomic E-state index is 13.7. The summed E-state index contributed by atoms with van der Waals surface area (Å²) in [5.74, 6) is -0.497. The lowest BCUT2D eigenvalue weighted by Gasteiger charge is -2.23. The molecule has 0 saturated carbocycles. The molecule has 1 aliphatic heterocycles. The first-order valence-corrected chi connectivity index (χ1v) is 7.74. The lowest BCUT2D eigenvalue weighted by Crippen LogP contribution is -2.45. The maximum Gasteiger partial charge on any atom is 0.261 e. The molecular formula is C14H14ClFN2OS. The summed E-state index contributed by atoms with van der Waals surface area (Å²) in [7, 11) is 0. The molecule has 0 radical (unpaired) electrons. The van der Waals surface area contributed by atoms with Crippen LogP contribution in [0.4, 0.5) is 4.39 Å². The summed E-state index contributed by atoms with van der Waals surface area (Å²) >= 11 is 7.18. The fourth-order valence-corrected chi connectivity index (χ4v) is 3.66. The molecule has 2 aromatic rings. The highest BCUT2D eigenvalue weighted by Gasteiger charge is 2.19. The van der Waals surface area contributed by atoms with Gasteiger partial charge in [-0.1, -0.05) is 11.6 Å². The van der Waals surface area contributed by atoms with Crippen LogP contribution in [0.15, 0.2) is 18.2 Å². The highest BCUT2D eigenvalue weighted by Crippen LogP contribution is 2.33. The van der Waals surface area contributed by atoms with Crippen molar-refractivity contribution in [3.05, 3.63) is 33.9 Å². The molecule has 6 heteroatoms. The van der Waals surface area contributed by atoms with Crippen LogP contribution >= 0.6 is 22.9 Å². The van der Waals surface area contributed by atoms with Crippen LogP contribution in [0, 0.1) is 5.82 Å². The Kier molecular flexibility index (Phi) is 3.92. The first-order chi connectivity index (χ1) is 9.65. The summed E-state index contributed by atoms with van der Waals surface area (Å²) in [6.07, 6.45) is 2.02. The van der Waals surface area contributed by atoms with Crippen molar-refractivity contribution in [2.45, 2.75) is 18.9 Å². The van der Waals surface area contributed by atoms with Crippen LogP contribution in [0.1, 0.15) is 22.5 Å². The third-order valence-corrected chi connectivity index (χ3v) is 4.91. The summed E-state index contributed by atoms with van der Waals surface area (Å²) in [6, 6.07) is 4.64. The topological polar surface area (TPSA) is 41.1 Å². The van der Waals surface area contributed by atoms with Gasteiger partial charge in [0.1, 0.15) is 5.82 Å². The van der Waals surface area contributed by atoms with Crippen LogP contribution in [0.25, 0.3) is 10.1 Å². The zero-order valence-corrected chi connectivity index (χ0v) is 12.3. The Morgan fingerprint density at radius 1 is 1.50 bits per heavy atom. The standard InChI is InChI=1S/C14H14ClFN2OS/c15-10-3-4-11(16)13-9(10)6-12(20-13)14(19)18-8-2-1-5-17-7-8/h3-4,6,8,17H,1-2,5,7H2,(H,18,19). The summed E-state index contributed by atoms with van der Waals surface area (Å²) < 4.78 is 14.1. The van der Waals surface area contributed by atoms with Crippen molar-refractivity contribution in [2.75, 3.05) is 13.1 Å². The molecule has 1 amide bonds. The van der Waals surface area contributed by atoms with Gasteiger partial charge in [0.25, 0.3) is 5.91 Å². The van der Waals surface area contributed by atoms with Crippen molar-refractivity contribution in [3.63, 3.8) is 0 Å². The monoisotopic (exact) mass is 312 g/mol. The fraction of sp³-hybridized carbons (Fsp3) is 0.357. The van der Waals surface area contributed by atoms with E-state index < -0.39 is 0 Å². The number of piperidine rings is 1. The molecule has 0 aliphatic carbocycles. The summed E-state index contributed by atoms with van der Waals surface area (Å²) in [5, 5.41) is 7.29. The SMILES string of the molecule is O=C(NC1CCCNC1)c1cc2c(Cl)ccc(F)c2s1. The molecule has 1 fully saturated rings. The van der Waals surface area contributed by atoms with E-state index in [0.717, 1.165) is 37.3 Å². The molecule has 2 N–H and O–H groups in total. The van der Waals surface area contributed by atoms with Gasteiger partial charge < -0.3 is 10.6 Å². The molecule has 3 nitrogen and oxygen atoms in total. The van der Waals surface area contributed by atoms with Crippen LogP contribution in [0.3, 0.4) is 0 Å². The molecule has 106 valence electrons. The average molecular weight is 313 g/mol. The summed E-state index contributed by atoms with van der Waals surface area (Å²) in [5.41, 5.74) is 0. The van der Waals surface area contributed by atoms with Crippen molar-refractivity contribution in [2.24, 2.45) is 0 Å². The van der Waals surface area contributed by atoms with Gasteiger partial charge in [-0.05, 0) is 37.6 Å². The predicted molar refractivity (Wildman–Crippen MR) is 80.2 cm³/mol. The fourth-order valence-electron chi connectivity index (χ4n) is 2.40. The molecule has 1 unspecified atom stereocenters. The third-order valence-electron chi connectivity index (χ3n) is 3.44. The van der Waals surface area contributed by atoms with Crippen molar-refractivity contribution >= 4 is 38.9 Å². The smallest absolute Gasteiger partial charge is 0.261 e. The summed E-state index contributed by atoms with van der Waals surface area (Å²) in [4.78, 5) is 12.7. The first kappa shape index (κ1) is 13.8. The van der Waals surface area contributed by atoms with Gasteiger partial charge in [0.05, 0.1) is 9.58 Å². The van der Waals surface area contributed by atoms with E-state index in [9.17, 15) is 9.18 Å². The van der Waals surface area contributed by atoms with Crippen molar-refractivity contribution < 1.29 is 9.18 Å². The van der Waals surface area contributed by atoms with Crippen LogP contribution < -0.4 is 10.6 Å². The Hall–Kier alpha value is -1.17.